The van der Waals surface area contributed by atoms with Crippen molar-refractivity contribution >= 4 is 22.5 Å². The van der Waals surface area contributed by atoms with E-state index in [1.807, 2.05) is 56.3 Å². The molecule has 0 radical (unpaired) electrons. The summed E-state index contributed by atoms with van der Waals surface area (Å²) in [5, 5.41) is 9.71. The topological polar surface area (TPSA) is 107 Å². The normalized spacial score (nSPS) is 20.3. The highest BCUT2D eigenvalue weighted by atomic mass is 32.3. The highest BCUT2D eigenvalue weighted by Crippen LogP contribution is 2.57. The summed E-state index contributed by atoms with van der Waals surface area (Å²) in [5.74, 6) is -0.705. The minimum absolute atomic E-state index is 0.0909. The third kappa shape index (κ3) is 5.02. The van der Waals surface area contributed by atoms with E-state index in [2.05, 4.69) is 0 Å². The lowest BCUT2D eigenvalue weighted by molar-refractivity contribution is -0.137. The molecule has 3 N–H and O–H groups in total. The number of ketones is 1. The van der Waals surface area contributed by atoms with Crippen LogP contribution < -0.4 is 4.74 Å². The maximum atomic E-state index is 12.1. The van der Waals surface area contributed by atoms with Crippen LogP contribution in [-0.4, -0.2) is 42.9 Å². The van der Waals surface area contributed by atoms with Gasteiger partial charge in [0.1, 0.15) is 16.7 Å². The van der Waals surface area contributed by atoms with Crippen molar-refractivity contribution < 1.29 is 28.5 Å². The molecule has 3 aromatic carbocycles. The molecule has 0 bridgehead atoms. The second-order valence-corrected chi connectivity index (χ2v) is 11.9. The molecule has 2 atom stereocenters. The minimum atomic E-state index is -3.30. The second kappa shape index (κ2) is 9.95. The van der Waals surface area contributed by atoms with Crippen LogP contribution in [0.15, 0.2) is 65.6 Å². The number of carboxylic acids is 1. The van der Waals surface area contributed by atoms with Crippen molar-refractivity contribution in [1.82, 2.24) is 4.31 Å². The number of fused-ring (bicyclic) bond motifs is 2. The van der Waals surface area contributed by atoms with E-state index in [0.717, 1.165) is 33.4 Å². The van der Waals surface area contributed by atoms with E-state index in [0.29, 0.717) is 30.0 Å². The Hall–Kier alpha value is -3.17. The predicted molar refractivity (Wildman–Crippen MR) is 142 cm³/mol. The molecule has 0 saturated heterocycles. The van der Waals surface area contributed by atoms with Gasteiger partial charge in [-0.2, -0.15) is 4.31 Å². The summed E-state index contributed by atoms with van der Waals surface area (Å²) in [5.41, 5.74) is 5.25. The SMILES string of the molecule is Cc1ccc(C(CC(=O)O)c2ccc3c(c2)CCC3=O)cc1CN1CC(C)Oc2ccccc2S1(O)O. The fourth-order valence-electron chi connectivity index (χ4n) is 5.28. The van der Waals surface area contributed by atoms with Crippen molar-refractivity contribution in [3.8, 4) is 5.75 Å². The summed E-state index contributed by atoms with van der Waals surface area (Å²) in [7, 11) is -3.30. The zero-order valence-electron chi connectivity index (χ0n) is 20.9. The number of aliphatic carboxylic acids is 1. The largest absolute Gasteiger partial charge is 0.487 e. The number of aryl methyl sites for hydroxylation is 2. The number of hydrogen-bond donors (Lipinski definition) is 3. The first-order valence-corrected chi connectivity index (χ1v) is 13.9. The smallest absolute Gasteiger partial charge is 0.304 e. The van der Waals surface area contributed by atoms with Gasteiger partial charge in [0.15, 0.2) is 5.78 Å². The van der Waals surface area contributed by atoms with E-state index in [4.69, 9.17) is 4.74 Å². The van der Waals surface area contributed by atoms with E-state index in [-0.39, 0.29) is 24.9 Å². The summed E-state index contributed by atoms with van der Waals surface area (Å²) in [6.07, 6.45) is 0.819. The van der Waals surface area contributed by atoms with E-state index in [1.54, 1.807) is 22.5 Å². The Kier molecular flexibility index (Phi) is 6.85. The van der Waals surface area contributed by atoms with Gasteiger partial charge in [0.05, 0.1) is 13.0 Å². The molecule has 2 unspecified atom stereocenters. The Morgan fingerprint density at radius 1 is 1.08 bits per heavy atom. The molecule has 1 aliphatic heterocycles. The number of carbonyl (C=O) groups is 2. The number of benzene rings is 3. The Labute approximate surface area is 218 Å². The molecular weight excluding hydrogens is 490 g/mol. The fraction of sp³-hybridized carbons (Fsp3) is 0.310. The first-order valence-electron chi connectivity index (χ1n) is 12.4. The second-order valence-electron chi connectivity index (χ2n) is 9.89. The molecule has 2 aliphatic rings. The number of carbonyl (C=O) groups excluding carboxylic acids is 1. The van der Waals surface area contributed by atoms with Crippen molar-refractivity contribution in [2.75, 3.05) is 6.54 Å². The Balaban J connectivity index is 1.50. The number of para-hydroxylation sites is 1. The number of Topliss-reactive ketones (excluding diaryl/α,β-unsaturated/α-hetero) is 1. The summed E-state index contributed by atoms with van der Waals surface area (Å²) in [6, 6.07) is 18.5. The molecule has 3 aromatic rings. The van der Waals surface area contributed by atoms with Crippen LogP contribution in [0.3, 0.4) is 0 Å². The van der Waals surface area contributed by atoms with Gasteiger partial charge in [-0.05, 0) is 60.2 Å². The average Bonchev–Trinajstić information content (AvgIpc) is 3.19. The maximum absolute atomic E-state index is 12.1. The monoisotopic (exact) mass is 521 g/mol. The molecule has 5 rings (SSSR count). The van der Waals surface area contributed by atoms with Gasteiger partial charge in [-0.1, -0.05) is 48.5 Å². The molecule has 0 saturated carbocycles. The van der Waals surface area contributed by atoms with Gasteiger partial charge >= 0.3 is 5.97 Å². The van der Waals surface area contributed by atoms with Crippen LogP contribution >= 0.6 is 10.8 Å². The molecule has 0 amide bonds. The number of ether oxygens (including phenoxy) is 1. The molecule has 1 heterocycles. The lowest BCUT2D eigenvalue weighted by Gasteiger charge is -2.42. The lowest BCUT2D eigenvalue weighted by Crippen LogP contribution is -2.33. The summed E-state index contributed by atoms with van der Waals surface area (Å²) < 4.78 is 30.2. The highest BCUT2D eigenvalue weighted by molar-refractivity contribution is 8.22. The minimum Gasteiger partial charge on any atom is -0.487 e. The Morgan fingerprint density at radius 2 is 1.81 bits per heavy atom. The molecule has 8 heteroatoms. The van der Waals surface area contributed by atoms with Crippen molar-refractivity contribution in [2.24, 2.45) is 0 Å². The number of rotatable bonds is 6. The Morgan fingerprint density at radius 3 is 2.59 bits per heavy atom. The molecule has 194 valence electrons. The number of carboxylic acid groups (broad SMARTS) is 1. The lowest BCUT2D eigenvalue weighted by atomic mass is 9.85. The Bertz CT molecular complexity index is 1370. The molecule has 0 aromatic heterocycles. The van der Waals surface area contributed by atoms with Gasteiger partial charge < -0.3 is 9.84 Å². The van der Waals surface area contributed by atoms with Gasteiger partial charge in [-0.25, -0.2) is 0 Å². The van der Waals surface area contributed by atoms with E-state index in [1.165, 1.54) is 0 Å². The van der Waals surface area contributed by atoms with Crippen LogP contribution in [0.5, 0.6) is 5.75 Å². The molecule has 7 nitrogen and oxygen atoms in total. The van der Waals surface area contributed by atoms with Gasteiger partial charge in [0.25, 0.3) is 0 Å². The zero-order valence-corrected chi connectivity index (χ0v) is 21.7. The number of nitrogens with zero attached hydrogens (tertiary/aromatic N) is 1. The van der Waals surface area contributed by atoms with E-state index >= 15 is 0 Å². The maximum Gasteiger partial charge on any atom is 0.304 e. The van der Waals surface area contributed by atoms with Crippen LogP contribution in [0.1, 0.15) is 63.9 Å². The van der Waals surface area contributed by atoms with Crippen LogP contribution in [-0.2, 0) is 17.8 Å². The van der Waals surface area contributed by atoms with Crippen molar-refractivity contribution in [3.63, 3.8) is 0 Å². The summed E-state index contributed by atoms with van der Waals surface area (Å²) >= 11 is 0. The van der Waals surface area contributed by atoms with Crippen LogP contribution in [0.2, 0.25) is 0 Å². The fourth-order valence-corrected chi connectivity index (χ4v) is 6.94. The standard InChI is InChI=1S/C29H31NO6S/c1-18-7-8-21(25(15-29(32)33)22-9-11-24-20(13-22)10-12-26(24)31)14-23(18)17-30-16-19(2)36-27-5-3-4-6-28(27)37(30,34)35/h3-9,11,13-14,19,25,34-35H,10,12,15-17H2,1-2H3,(H,32,33). The van der Waals surface area contributed by atoms with Gasteiger partial charge in [-0.15, -0.1) is 10.8 Å². The van der Waals surface area contributed by atoms with E-state index < -0.39 is 22.7 Å². The van der Waals surface area contributed by atoms with Gasteiger partial charge in [0, 0.05) is 24.4 Å². The van der Waals surface area contributed by atoms with Crippen LogP contribution in [0, 0.1) is 6.92 Å². The first kappa shape index (κ1) is 25.5. The molecule has 0 fully saturated rings. The van der Waals surface area contributed by atoms with Crippen molar-refractivity contribution in [1.29, 1.82) is 0 Å². The van der Waals surface area contributed by atoms with Gasteiger partial charge in [-0.3, -0.25) is 18.7 Å². The summed E-state index contributed by atoms with van der Waals surface area (Å²) in [6.45, 7) is 4.44. The highest BCUT2D eigenvalue weighted by Gasteiger charge is 2.34. The summed E-state index contributed by atoms with van der Waals surface area (Å²) in [4.78, 5) is 24.3. The van der Waals surface area contributed by atoms with Crippen molar-refractivity contribution in [3.05, 3.63) is 94.0 Å². The van der Waals surface area contributed by atoms with Crippen molar-refractivity contribution in [2.45, 2.75) is 56.6 Å². The average molecular weight is 522 g/mol. The molecule has 37 heavy (non-hydrogen) atoms. The predicted octanol–water partition coefficient (Wildman–Crippen LogP) is 6.04. The number of hydrogen-bond acceptors (Lipinski definition) is 6. The van der Waals surface area contributed by atoms with Crippen LogP contribution in [0.4, 0.5) is 0 Å². The zero-order chi connectivity index (χ0) is 26.3. The quantitative estimate of drug-likeness (QED) is 0.363. The third-order valence-electron chi connectivity index (χ3n) is 7.25. The van der Waals surface area contributed by atoms with Gasteiger partial charge in [0.2, 0.25) is 0 Å². The van der Waals surface area contributed by atoms with E-state index in [9.17, 15) is 23.8 Å². The molecule has 1 aliphatic carbocycles. The third-order valence-corrected chi connectivity index (χ3v) is 9.17. The molecule has 0 spiro atoms. The first-order chi connectivity index (χ1) is 17.6. The van der Waals surface area contributed by atoms with Crippen LogP contribution in [0.25, 0.3) is 0 Å². The molecular formula is C29H31NO6S.